The van der Waals surface area contributed by atoms with Crippen molar-refractivity contribution in [2.24, 2.45) is 0 Å². The van der Waals surface area contributed by atoms with E-state index in [0.29, 0.717) is 41.3 Å². The van der Waals surface area contributed by atoms with Gasteiger partial charge in [0.05, 0.1) is 23.1 Å². The van der Waals surface area contributed by atoms with Crippen molar-refractivity contribution in [2.45, 2.75) is 44.4 Å². The van der Waals surface area contributed by atoms with Gasteiger partial charge in [0.25, 0.3) is 0 Å². The van der Waals surface area contributed by atoms with E-state index in [4.69, 9.17) is 4.74 Å². The Labute approximate surface area is 247 Å². The van der Waals surface area contributed by atoms with Gasteiger partial charge in [-0.25, -0.2) is 13.1 Å². The summed E-state index contributed by atoms with van der Waals surface area (Å²) in [4.78, 5) is 12.8. The zero-order valence-corrected chi connectivity index (χ0v) is 24.7. The molecule has 0 saturated carbocycles. The average molecular weight is 583 g/mol. The van der Waals surface area contributed by atoms with Gasteiger partial charge in [0.2, 0.25) is 15.9 Å². The lowest BCUT2D eigenvalue weighted by Gasteiger charge is -2.21. The number of carbonyl (C=O) groups is 1. The Morgan fingerprint density at radius 2 is 1.60 bits per heavy atom. The van der Waals surface area contributed by atoms with Gasteiger partial charge in [0.1, 0.15) is 12.4 Å². The van der Waals surface area contributed by atoms with Crippen LogP contribution in [0.3, 0.4) is 0 Å². The van der Waals surface area contributed by atoms with Crippen LogP contribution in [-0.2, 0) is 28.0 Å². The standard InChI is InChI=1S/C33H34N4O4S/c1-33(2,3)37-42(39,40)31-12-8-7-11-29(31)26-14-16-28(17-15-26)36-32(38)22-35-21-27-19-25(20-34)13-18-30(27)41-23-24-9-5-4-6-10-24/h4-19,35,37H,21-23H2,1-3H3,(H,36,38). The third kappa shape index (κ3) is 8.51. The number of rotatable bonds is 11. The molecule has 4 aromatic rings. The van der Waals surface area contributed by atoms with Gasteiger partial charge in [-0.05, 0) is 68.3 Å². The normalized spacial score (nSPS) is 11.5. The fourth-order valence-electron chi connectivity index (χ4n) is 4.31. The molecular formula is C33H34N4O4S. The summed E-state index contributed by atoms with van der Waals surface area (Å²) < 4.78 is 34.7. The molecule has 0 aliphatic heterocycles. The second kappa shape index (κ2) is 13.4. The van der Waals surface area contributed by atoms with Gasteiger partial charge in [0.15, 0.2) is 0 Å². The summed E-state index contributed by atoms with van der Waals surface area (Å²) in [7, 11) is -3.74. The number of amides is 1. The van der Waals surface area contributed by atoms with Crippen molar-refractivity contribution >= 4 is 21.6 Å². The maximum atomic E-state index is 13.0. The zero-order chi connectivity index (χ0) is 30.2. The van der Waals surface area contributed by atoms with Crippen LogP contribution in [-0.4, -0.2) is 26.4 Å². The fraction of sp³-hybridized carbons (Fsp3) is 0.212. The molecule has 0 radical (unpaired) electrons. The Kier molecular flexibility index (Phi) is 9.76. The molecule has 1 amide bonds. The summed E-state index contributed by atoms with van der Waals surface area (Å²) in [6.07, 6.45) is 0. The lowest BCUT2D eigenvalue weighted by molar-refractivity contribution is -0.115. The van der Waals surface area contributed by atoms with E-state index in [1.807, 2.05) is 30.3 Å². The molecule has 0 bridgehead atoms. The minimum Gasteiger partial charge on any atom is -0.489 e. The fourth-order valence-corrected chi connectivity index (χ4v) is 5.96. The van der Waals surface area contributed by atoms with Crippen molar-refractivity contribution in [2.75, 3.05) is 11.9 Å². The van der Waals surface area contributed by atoms with E-state index < -0.39 is 15.6 Å². The second-order valence-corrected chi connectivity index (χ2v) is 12.4. The number of nitrogens with one attached hydrogen (secondary N) is 3. The first kappa shape index (κ1) is 30.5. The number of sulfonamides is 1. The Morgan fingerprint density at radius 1 is 0.905 bits per heavy atom. The van der Waals surface area contributed by atoms with Crippen molar-refractivity contribution < 1.29 is 17.9 Å². The maximum Gasteiger partial charge on any atom is 0.241 e. The lowest BCUT2D eigenvalue weighted by Crippen LogP contribution is -2.40. The maximum absolute atomic E-state index is 13.0. The molecule has 42 heavy (non-hydrogen) atoms. The number of benzene rings is 4. The van der Waals surface area contributed by atoms with Gasteiger partial charge < -0.3 is 15.4 Å². The van der Waals surface area contributed by atoms with E-state index >= 15 is 0 Å². The highest BCUT2D eigenvalue weighted by Crippen LogP contribution is 2.29. The molecule has 3 N–H and O–H groups in total. The predicted octanol–water partition coefficient (Wildman–Crippen LogP) is 5.61. The van der Waals surface area contributed by atoms with Gasteiger partial charge in [-0.1, -0.05) is 60.7 Å². The van der Waals surface area contributed by atoms with Crippen LogP contribution in [0.5, 0.6) is 5.75 Å². The summed E-state index contributed by atoms with van der Waals surface area (Å²) in [6.45, 7) is 6.14. The zero-order valence-electron chi connectivity index (χ0n) is 23.8. The Bertz CT molecular complexity index is 1670. The average Bonchev–Trinajstić information content (AvgIpc) is 2.96. The molecule has 216 valence electrons. The molecular weight excluding hydrogens is 548 g/mol. The number of hydrogen-bond donors (Lipinski definition) is 3. The summed E-state index contributed by atoms with van der Waals surface area (Å²) in [5.41, 5.74) is 3.54. The minimum atomic E-state index is -3.74. The Hall–Kier alpha value is -4.49. The minimum absolute atomic E-state index is 0.0379. The second-order valence-electron chi connectivity index (χ2n) is 10.8. The van der Waals surface area contributed by atoms with E-state index in [1.54, 1.807) is 87.5 Å². The molecule has 8 nitrogen and oxygen atoms in total. The number of nitrogens with zero attached hydrogens (tertiary/aromatic N) is 1. The summed E-state index contributed by atoms with van der Waals surface area (Å²) in [5, 5.41) is 15.3. The van der Waals surface area contributed by atoms with Crippen molar-refractivity contribution in [1.82, 2.24) is 10.0 Å². The molecule has 4 rings (SSSR count). The molecule has 0 saturated heterocycles. The molecule has 0 aliphatic rings. The monoisotopic (exact) mass is 582 g/mol. The molecule has 0 aliphatic carbocycles. The summed E-state index contributed by atoms with van der Waals surface area (Å²) in [6, 6.07) is 31.0. The predicted molar refractivity (Wildman–Crippen MR) is 164 cm³/mol. The number of nitriles is 1. The van der Waals surface area contributed by atoms with Crippen LogP contribution >= 0.6 is 0 Å². The highest BCUT2D eigenvalue weighted by molar-refractivity contribution is 7.89. The van der Waals surface area contributed by atoms with Gasteiger partial charge in [-0.3, -0.25) is 4.79 Å². The van der Waals surface area contributed by atoms with Crippen molar-refractivity contribution in [3.63, 3.8) is 0 Å². The van der Waals surface area contributed by atoms with Crippen molar-refractivity contribution in [1.29, 1.82) is 5.26 Å². The molecule has 0 atom stereocenters. The molecule has 0 fully saturated rings. The first-order valence-electron chi connectivity index (χ1n) is 13.5. The van der Waals surface area contributed by atoms with Crippen LogP contribution in [0.15, 0.2) is 102 Å². The van der Waals surface area contributed by atoms with Crippen LogP contribution in [0.1, 0.15) is 37.5 Å². The first-order valence-corrected chi connectivity index (χ1v) is 15.0. The van der Waals surface area contributed by atoms with E-state index in [9.17, 15) is 18.5 Å². The van der Waals surface area contributed by atoms with E-state index in [1.165, 1.54) is 0 Å². The summed E-state index contributed by atoms with van der Waals surface area (Å²) >= 11 is 0. The van der Waals surface area contributed by atoms with Crippen molar-refractivity contribution in [3.8, 4) is 22.9 Å². The quantitative estimate of drug-likeness (QED) is 0.211. The number of carbonyl (C=O) groups excluding carboxylic acids is 1. The van der Waals surface area contributed by atoms with Crippen LogP contribution in [0.2, 0.25) is 0 Å². The van der Waals surface area contributed by atoms with Crippen LogP contribution in [0.25, 0.3) is 11.1 Å². The summed E-state index contributed by atoms with van der Waals surface area (Å²) in [5.74, 6) is 0.393. The molecule has 0 spiro atoms. The van der Waals surface area contributed by atoms with Gasteiger partial charge in [0, 0.05) is 28.9 Å². The Balaban J connectivity index is 1.37. The third-order valence-corrected chi connectivity index (χ3v) is 7.94. The largest absolute Gasteiger partial charge is 0.489 e. The highest BCUT2D eigenvalue weighted by Gasteiger charge is 2.24. The van der Waals surface area contributed by atoms with Gasteiger partial charge in [-0.15, -0.1) is 0 Å². The van der Waals surface area contributed by atoms with E-state index in [-0.39, 0.29) is 17.3 Å². The number of ether oxygens (including phenoxy) is 1. The van der Waals surface area contributed by atoms with Gasteiger partial charge in [-0.2, -0.15) is 5.26 Å². The van der Waals surface area contributed by atoms with Crippen LogP contribution in [0, 0.1) is 11.3 Å². The van der Waals surface area contributed by atoms with E-state index in [0.717, 1.165) is 11.1 Å². The number of hydrogen-bond acceptors (Lipinski definition) is 6. The smallest absolute Gasteiger partial charge is 0.241 e. The first-order chi connectivity index (χ1) is 20.0. The Morgan fingerprint density at radius 3 is 2.29 bits per heavy atom. The van der Waals surface area contributed by atoms with Crippen LogP contribution in [0.4, 0.5) is 5.69 Å². The molecule has 0 heterocycles. The molecule has 9 heteroatoms. The molecule has 4 aromatic carbocycles. The van der Waals surface area contributed by atoms with Crippen molar-refractivity contribution in [3.05, 3.63) is 114 Å². The van der Waals surface area contributed by atoms with Gasteiger partial charge >= 0.3 is 0 Å². The molecule has 0 aromatic heterocycles. The topological polar surface area (TPSA) is 120 Å². The molecule has 0 unspecified atom stereocenters. The van der Waals surface area contributed by atoms with E-state index in [2.05, 4.69) is 21.4 Å². The number of anilines is 1. The lowest BCUT2D eigenvalue weighted by atomic mass is 10.1. The third-order valence-electron chi connectivity index (χ3n) is 6.12. The van der Waals surface area contributed by atoms with Crippen LogP contribution < -0.4 is 20.1 Å². The highest BCUT2D eigenvalue weighted by atomic mass is 32.2. The SMILES string of the molecule is CC(C)(C)NS(=O)(=O)c1ccccc1-c1ccc(NC(=O)CNCc2cc(C#N)ccc2OCc2ccccc2)cc1.